The Kier molecular flexibility index (Phi) is 6.75. The van der Waals surface area contributed by atoms with Crippen LogP contribution in [0.3, 0.4) is 0 Å². The summed E-state index contributed by atoms with van der Waals surface area (Å²) in [6.45, 7) is 4.01. The number of urea groups is 1. The third kappa shape index (κ3) is 5.66. The average Bonchev–Trinajstić information content (AvgIpc) is 2.70. The molecule has 0 bridgehead atoms. The fraction of sp³-hybridized carbons (Fsp3) is 0.923. The minimum atomic E-state index is -2.97. The van der Waals surface area contributed by atoms with E-state index in [-0.39, 0.29) is 23.6 Å². The highest BCUT2D eigenvalue weighted by Crippen LogP contribution is 2.17. The minimum absolute atomic E-state index is 0.0988. The maximum Gasteiger partial charge on any atom is 0.317 e. The van der Waals surface area contributed by atoms with Crippen molar-refractivity contribution in [2.24, 2.45) is 0 Å². The Morgan fingerprint density at radius 2 is 2.00 bits per heavy atom. The van der Waals surface area contributed by atoms with Crippen LogP contribution in [0.5, 0.6) is 0 Å². The molecule has 0 aliphatic carbocycles. The van der Waals surface area contributed by atoms with Crippen molar-refractivity contribution in [2.45, 2.75) is 32.2 Å². The van der Waals surface area contributed by atoms with Crippen LogP contribution < -0.4 is 5.32 Å². The second-order valence-electron chi connectivity index (χ2n) is 5.64. The summed E-state index contributed by atoms with van der Waals surface area (Å²) >= 11 is 0. The zero-order valence-electron chi connectivity index (χ0n) is 12.8. The molecule has 2 amide bonds. The Labute approximate surface area is 122 Å². The van der Waals surface area contributed by atoms with Crippen LogP contribution in [-0.2, 0) is 9.84 Å². The smallest absolute Gasteiger partial charge is 0.317 e. The van der Waals surface area contributed by atoms with Crippen molar-refractivity contribution < 1.29 is 13.2 Å². The second kappa shape index (κ2) is 7.83. The number of hydrogen-bond donors (Lipinski definition) is 1. The zero-order valence-corrected chi connectivity index (χ0v) is 13.6. The van der Waals surface area contributed by atoms with Crippen LogP contribution in [0.25, 0.3) is 0 Å². The molecule has 1 heterocycles. The van der Waals surface area contributed by atoms with E-state index in [1.807, 2.05) is 19.0 Å². The number of carbonyl (C=O) groups is 1. The first-order valence-electron chi connectivity index (χ1n) is 7.25. The van der Waals surface area contributed by atoms with E-state index in [0.29, 0.717) is 19.5 Å². The first-order valence-corrected chi connectivity index (χ1v) is 9.07. The molecule has 1 rings (SSSR count). The lowest BCUT2D eigenvalue weighted by molar-refractivity contribution is 0.173. The molecule has 1 aliphatic rings. The van der Waals surface area contributed by atoms with Crippen LogP contribution >= 0.6 is 0 Å². The predicted molar refractivity (Wildman–Crippen MR) is 80.6 cm³/mol. The average molecular weight is 305 g/mol. The maximum absolute atomic E-state index is 12.2. The Morgan fingerprint density at radius 3 is 2.50 bits per heavy atom. The van der Waals surface area contributed by atoms with Gasteiger partial charge >= 0.3 is 6.03 Å². The van der Waals surface area contributed by atoms with Crippen LogP contribution in [-0.4, -0.2) is 75.5 Å². The summed E-state index contributed by atoms with van der Waals surface area (Å²) in [5, 5.41) is 2.89. The summed E-state index contributed by atoms with van der Waals surface area (Å²) in [4.78, 5) is 15.9. The normalized spacial score (nSPS) is 21.1. The van der Waals surface area contributed by atoms with Gasteiger partial charge in [-0.3, -0.25) is 0 Å². The molecular formula is C13H27N3O3S. The van der Waals surface area contributed by atoms with E-state index in [0.717, 1.165) is 19.4 Å². The molecule has 6 nitrogen and oxygen atoms in total. The Hall–Kier alpha value is -0.820. The molecule has 0 aromatic rings. The van der Waals surface area contributed by atoms with E-state index in [1.165, 1.54) is 0 Å². The van der Waals surface area contributed by atoms with E-state index < -0.39 is 9.84 Å². The molecule has 0 aromatic carbocycles. The highest BCUT2D eigenvalue weighted by Gasteiger charge is 2.34. The van der Waals surface area contributed by atoms with Gasteiger partial charge in [0.25, 0.3) is 0 Å². The summed E-state index contributed by atoms with van der Waals surface area (Å²) in [6, 6.07) is -0.316. The van der Waals surface area contributed by atoms with Crippen LogP contribution in [0.2, 0.25) is 0 Å². The molecule has 1 N–H and O–H groups in total. The number of nitrogens with zero attached hydrogens (tertiary/aromatic N) is 2. The van der Waals surface area contributed by atoms with Gasteiger partial charge in [-0.15, -0.1) is 0 Å². The molecule has 7 heteroatoms. The van der Waals surface area contributed by atoms with E-state index in [2.05, 4.69) is 12.2 Å². The molecule has 1 aliphatic heterocycles. The van der Waals surface area contributed by atoms with Crippen LogP contribution in [0, 0.1) is 0 Å². The van der Waals surface area contributed by atoms with Crippen LogP contribution in [0.15, 0.2) is 0 Å². The van der Waals surface area contributed by atoms with Gasteiger partial charge in [-0.2, -0.15) is 0 Å². The molecule has 118 valence electrons. The first kappa shape index (κ1) is 17.2. The zero-order chi connectivity index (χ0) is 15.2. The van der Waals surface area contributed by atoms with Crippen molar-refractivity contribution in [2.75, 3.05) is 45.2 Å². The standard InChI is InChI=1S/C13H27N3O3S/c1-4-5-7-14-13(17)16(9-8-15(2)3)12-6-10-20(18,19)11-12/h12H,4-11H2,1-3H3,(H,14,17). The highest BCUT2D eigenvalue weighted by atomic mass is 32.2. The highest BCUT2D eigenvalue weighted by molar-refractivity contribution is 7.91. The van der Waals surface area contributed by atoms with E-state index in [9.17, 15) is 13.2 Å². The topological polar surface area (TPSA) is 69.7 Å². The number of unbranched alkanes of at least 4 members (excludes halogenated alkanes) is 1. The number of amides is 2. The Balaban J connectivity index is 2.62. The number of nitrogens with one attached hydrogen (secondary N) is 1. The summed E-state index contributed by atoms with van der Waals surface area (Å²) in [5.74, 6) is 0.292. The number of sulfone groups is 1. The third-order valence-electron chi connectivity index (χ3n) is 3.50. The lowest BCUT2D eigenvalue weighted by atomic mass is 10.2. The summed E-state index contributed by atoms with van der Waals surface area (Å²) in [6.07, 6.45) is 2.52. The molecule has 0 saturated carbocycles. The maximum atomic E-state index is 12.2. The largest absolute Gasteiger partial charge is 0.338 e. The molecule has 1 unspecified atom stereocenters. The van der Waals surface area contributed by atoms with Gasteiger partial charge in [-0.1, -0.05) is 13.3 Å². The van der Waals surface area contributed by atoms with E-state index >= 15 is 0 Å². The van der Waals surface area contributed by atoms with Gasteiger partial charge in [-0.05, 0) is 26.9 Å². The van der Waals surface area contributed by atoms with E-state index in [1.54, 1.807) is 4.90 Å². The number of rotatable bonds is 7. The van der Waals surface area contributed by atoms with E-state index in [4.69, 9.17) is 0 Å². The molecule has 1 saturated heterocycles. The molecule has 0 radical (unpaired) electrons. The third-order valence-corrected chi connectivity index (χ3v) is 5.26. The van der Waals surface area contributed by atoms with Gasteiger partial charge in [0, 0.05) is 25.7 Å². The van der Waals surface area contributed by atoms with Gasteiger partial charge < -0.3 is 15.1 Å². The van der Waals surface area contributed by atoms with Gasteiger partial charge in [0.1, 0.15) is 0 Å². The lowest BCUT2D eigenvalue weighted by Crippen LogP contribution is -2.49. The predicted octanol–water partition coefficient (Wildman–Crippen LogP) is 0.547. The van der Waals surface area contributed by atoms with Crippen molar-refractivity contribution in [1.29, 1.82) is 0 Å². The summed E-state index contributed by atoms with van der Waals surface area (Å²) in [5.41, 5.74) is 0. The Morgan fingerprint density at radius 1 is 1.30 bits per heavy atom. The van der Waals surface area contributed by atoms with Crippen LogP contribution in [0.4, 0.5) is 4.79 Å². The first-order chi connectivity index (χ1) is 9.35. The minimum Gasteiger partial charge on any atom is -0.338 e. The summed E-state index contributed by atoms with van der Waals surface area (Å²) < 4.78 is 23.2. The summed E-state index contributed by atoms with van der Waals surface area (Å²) in [7, 11) is 0.913. The quantitative estimate of drug-likeness (QED) is 0.697. The second-order valence-corrected chi connectivity index (χ2v) is 7.87. The van der Waals surface area contributed by atoms with Gasteiger partial charge in [-0.25, -0.2) is 13.2 Å². The van der Waals surface area contributed by atoms with Crippen molar-refractivity contribution in [3.8, 4) is 0 Å². The lowest BCUT2D eigenvalue weighted by Gasteiger charge is -2.29. The van der Waals surface area contributed by atoms with Gasteiger partial charge in [0.15, 0.2) is 9.84 Å². The monoisotopic (exact) mass is 305 g/mol. The van der Waals surface area contributed by atoms with Crippen molar-refractivity contribution >= 4 is 15.9 Å². The fourth-order valence-electron chi connectivity index (χ4n) is 2.25. The van der Waals surface area contributed by atoms with Crippen molar-refractivity contribution in [3.63, 3.8) is 0 Å². The number of hydrogen-bond acceptors (Lipinski definition) is 4. The molecule has 0 aromatic heterocycles. The molecule has 20 heavy (non-hydrogen) atoms. The SMILES string of the molecule is CCCCNC(=O)N(CCN(C)C)C1CCS(=O)(=O)C1. The molecular weight excluding hydrogens is 278 g/mol. The fourth-order valence-corrected chi connectivity index (χ4v) is 3.98. The van der Waals surface area contributed by atoms with Crippen molar-refractivity contribution in [3.05, 3.63) is 0 Å². The molecule has 1 atom stereocenters. The Bertz CT molecular complexity index is 409. The molecule has 0 spiro atoms. The van der Waals surface area contributed by atoms with Crippen LogP contribution in [0.1, 0.15) is 26.2 Å². The van der Waals surface area contributed by atoms with Crippen molar-refractivity contribution in [1.82, 2.24) is 15.1 Å². The number of carbonyl (C=O) groups excluding carboxylic acids is 1. The van der Waals surface area contributed by atoms with Gasteiger partial charge in [0.05, 0.1) is 11.5 Å². The number of likely N-dealkylation sites (N-methyl/N-ethyl adjacent to an activating group) is 1. The molecule has 1 fully saturated rings. The van der Waals surface area contributed by atoms with Gasteiger partial charge in [0.2, 0.25) is 0 Å².